The third kappa shape index (κ3) is 4.82. The third-order valence-electron chi connectivity index (χ3n) is 3.01. The lowest BCUT2D eigenvalue weighted by atomic mass is 10.2. The lowest BCUT2D eigenvalue weighted by Gasteiger charge is -2.07. The summed E-state index contributed by atoms with van der Waals surface area (Å²) in [4.78, 5) is 22.5. The van der Waals surface area contributed by atoms with Gasteiger partial charge in [0.2, 0.25) is 5.91 Å². The van der Waals surface area contributed by atoms with Crippen molar-refractivity contribution < 1.29 is 14.5 Å². The lowest BCUT2D eigenvalue weighted by Crippen LogP contribution is -2.09. The van der Waals surface area contributed by atoms with Gasteiger partial charge in [0.25, 0.3) is 5.69 Å². The Hall–Kier alpha value is -2.86. The van der Waals surface area contributed by atoms with E-state index < -0.39 is 10.8 Å². The van der Waals surface area contributed by atoms with Crippen molar-refractivity contribution in [2.75, 3.05) is 11.9 Å². The summed E-state index contributed by atoms with van der Waals surface area (Å²) in [5.41, 5.74) is 0.619. The highest BCUT2D eigenvalue weighted by Gasteiger charge is 2.16. The SMILES string of the molecule is CCOc1ccc(NC(=O)/C=C/c2cccc(Cl)c2)c([N+](=O)[O-])c1. The molecule has 2 rings (SSSR count). The van der Waals surface area contributed by atoms with Crippen LogP contribution in [0.4, 0.5) is 11.4 Å². The molecule has 1 amide bonds. The van der Waals surface area contributed by atoms with Gasteiger partial charge >= 0.3 is 0 Å². The van der Waals surface area contributed by atoms with Crippen LogP contribution in [0.2, 0.25) is 5.02 Å². The highest BCUT2D eigenvalue weighted by molar-refractivity contribution is 6.30. The van der Waals surface area contributed by atoms with Gasteiger partial charge < -0.3 is 10.1 Å². The predicted octanol–water partition coefficient (Wildman–Crippen LogP) is 4.30. The van der Waals surface area contributed by atoms with E-state index in [1.165, 1.54) is 18.2 Å². The fraction of sp³-hybridized carbons (Fsp3) is 0.118. The molecule has 0 bridgehead atoms. The molecule has 7 heteroatoms. The molecule has 0 unspecified atom stereocenters. The molecule has 1 N–H and O–H groups in total. The van der Waals surface area contributed by atoms with Crippen molar-refractivity contribution in [2.24, 2.45) is 0 Å². The van der Waals surface area contributed by atoms with Crippen molar-refractivity contribution in [3.8, 4) is 5.75 Å². The summed E-state index contributed by atoms with van der Waals surface area (Å²) in [6.07, 6.45) is 2.85. The summed E-state index contributed by atoms with van der Waals surface area (Å²) in [5.74, 6) is -0.112. The van der Waals surface area contributed by atoms with Crippen molar-refractivity contribution in [2.45, 2.75) is 6.92 Å². The Bertz CT molecular complexity index is 790. The van der Waals surface area contributed by atoms with Gasteiger partial charge in [-0.2, -0.15) is 0 Å². The Morgan fingerprint density at radius 1 is 1.33 bits per heavy atom. The van der Waals surface area contributed by atoms with Crippen LogP contribution in [0, 0.1) is 10.1 Å². The summed E-state index contributed by atoms with van der Waals surface area (Å²) in [6.45, 7) is 2.17. The first-order valence-electron chi connectivity index (χ1n) is 7.15. The Kier molecular flexibility index (Phi) is 5.92. The number of nitro groups is 1. The Balaban J connectivity index is 2.14. The van der Waals surface area contributed by atoms with Gasteiger partial charge in [0.1, 0.15) is 11.4 Å². The summed E-state index contributed by atoms with van der Waals surface area (Å²) < 4.78 is 5.23. The number of carbonyl (C=O) groups excluding carboxylic acids is 1. The van der Waals surface area contributed by atoms with Gasteiger partial charge in [0, 0.05) is 11.1 Å². The number of nitrogens with one attached hydrogen (secondary N) is 1. The second-order valence-corrected chi connectivity index (χ2v) is 5.18. The van der Waals surface area contributed by atoms with E-state index in [9.17, 15) is 14.9 Å². The first-order chi connectivity index (χ1) is 11.5. The predicted molar refractivity (Wildman–Crippen MR) is 93.4 cm³/mol. The summed E-state index contributed by atoms with van der Waals surface area (Å²) >= 11 is 5.86. The summed E-state index contributed by atoms with van der Waals surface area (Å²) in [7, 11) is 0. The van der Waals surface area contributed by atoms with Gasteiger partial charge in [0.05, 0.1) is 17.6 Å². The van der Waals surface area contributed by atoms with E-state index >= 15 is 0 Å². The van der Waals surface area contributed by atoms with Crippen molar-refractivity contribution in [3.63, 3.8) is 0 Å². The number of amides is 1. The highest BCUT2D eigenvalue weighted by atomic mass is 35.5. The number of carbonyl (C=O) groups is 1. The molecule has 0 radical (unpaired) electrons. The van der Waals surface area contributed by atoms with Crippen LogP contribution in [-0.4, -0.2) is 17.4 Å². The molecular formula is C17H15ClN2O4. The van der Waals surface area contributed by atoms with Crippen LogP contribution >= 0.6 is 11.6 Å². The summed E-state index contributed by atoms with van der Waals surface area (Å²) in [6, 6.07) is 11.2. The molecule has 0 saturated heterocycles. The lowest BCUT2D eigenvalue weighted by molar-refractivity contribution is -0.384. The molecule has 6 nitrogen and oxygen atoms in total. The number of halogens is 1. The van der Waals surface area contributed by atoms with E-state index in [1.807, 2.05) is 0 Å². The number of benzene rings is 2. The molecule has 0 aliphatic rings. The molecular weight excluding hydrogens is 332 g/mol. The van der Waals surface area contributed by atoms with Gasteiger partial charge in [-0.05, 0) is 42.8 Å². The number of ether oxygens (including phenoxy) is 1. The van der Waals surface area contributed by atoms with Crippen molar-refractivity contribution in [3.05, 3.63) is 69.2 Å². The van der Waals surface area contributed by atoms with E-state index in [1.54, 1.807) is 43.3 Å². The van der Waals surface area contributed by atoms with Crippen LogP contribution < -0.4 is 10.1 Å². The van der Waals surface area contributed by atoms with Crippen LogP contribution in [0.1, 0.15) is 12.5 Å². The number of hydrogen-bond acceptors (Lipinski definition) is 4. The molecule has 0 aromatic heterocycles. The third-order valence-corrected chi connectivity index (χ3v) is 3.25. The number of rotatable bonds is 6. The molecule has 0 fully saturated rings. The average Bonchev–Trinajstić information content (AvgIpc) is 2.54. The minimum absolute atomic E-state index is 0.101. The van der Waals surface area contributed by atoms with Crippen LogP contribution in [0.25, 0.3) is 6.08 Å². The molecule has 2 aromatic rings. The topological polar surface area (TPSA) is 81.5 Å². The van der Waals surface area contributed by atoms with Crippen molar-refractivity contribution in [1.82, 2.24) is 0 Å². The largest absolute Gasteiger partial charge is 0.494 e. The monoisotopic (exact) mass is 346 g/mol. The minimum Gasteiger partial charge on any atom is -0.494 e. The number of nitro benzene ring substituents is 1. The number of anilines is 1. The second kappa shape index (κ2) is 8.12. The fourth-order valence-corrected chi connectivity index (χ4v) is 2.18. The quantitative estimate of drug-likeness (QED) is 0.480. The molecule has 0 aliphatic heterocycles. The first kappa shape index (κ1) is 17.5. The van der Waals surface area contributed by atoms with Crippen LogP contribution in [0.15, 0.2) is 48.5 Å². The maximum atomic E-state index is 12.0. The number of hydrogen-bond donors (Lipinski definition) is 1. The smallest absolute Gasteiger partial charge is 0.296 e. The van der Waals surface area contributed by atoms with Crippen molar-refractivity contribution >= 4 is 35.0 Å². The molecule has 124 valence electrons. The van der Waals surface area contributed by atoms with E-state index in [-0.39, 0.29) is 11.4 Å². The van der Waals surface area contributed by atoms with E-state index in [4.69, 9.17) is 16.3 Å². The normalized spacial score (nSPS) is 10.6. The van der Waals surface area contributed by atoms with Crippen LogP contribution in [0.5, 0.6) is 5.75 Å². The number of nitrogens with zero attached hydrogens (tertiary/aromatic N) is 1. The zero-order valence-corrected chi connectivity index (χ0v) is 13.6. The molecule has 0 spiro atoms. The van der Waals surface area contributed by atoms with Crippen LogP contribution in [-0.2, 0) is 4.79 Å². The van der Waals surface area contributed by atoms with E-state index in [0.29, 0.717) is 17.4 Å². The second-order valence-electron chi connectivity index (χ2n) is 4.75. The maximum absolute atomic E-state index is 12.0. The van der Waals surface area contributed by atoms with Gasteiger partial charge in [-0.15, -0.1) is 0 Å². The van der Waals surface area contributed by atoms with E-state index in [0.717, 1.165) is 5.56 Å². The van der Waals surface area contributed by atoms with Gasteiger partial charge in [-0.3, -0.25) is 14.9 Å². The maximum Gasteiger partial charge on any atom is 0.296 e. The van der Waals surface area contributed by atoms with Gasteiger partial charge in [-0.25, -0.2) is 0 Å². The van der Waals surface area contributed by atoms with Gasteiger partial charge in [-0.1, -0.05) is 23.7 Å². The molecule has 0 saturated carbocycles. The molecule has 0 heterocycles. The van der Waals surface area contributed by atoms with Gasteiger partial charge in [0.15, 0.2) is 0 Å². The zero-order valence-electron chi connectivity index (χ0n) is 12.9. The molecule has 24 heavy (non-hydrogen) atoms. The Morgan fingerprint density at radius 3 is 2.79 bits per heavy atom. The Morgan fingerprint density at radius 2 is 2.12 bits per heavy atom. The zero-order chi connectivity index (χ0) is 17.5. The fourth-order valence-electron chi connectivity index (χ4n) is 1.98. The molecule has 2 aromatic carbocycles. The molecule has 0 atom stereocenters. The average molecular weight is 347 g/mol. The standard InChI is InChI=1S/C17H15ClN2O4/c1-2-24-14-7-8-15(16(11-14)20(22)23)19-17(21)9-6-12-4-3-5-13(18)10-12/h3-11H,2H2,1H3,(H,19,21)/b9-6+. The summed E-state index contributed by atoms with van der Waals surface area (Å²) in [5, 5.41) is 14.2. The minimum atomic E-state index is -0.571. The highest BCUT2D eigenvalue weighted by Crippen LogP contribution is 2.29. The van der Waals surface area contributed by atoms with E-state index in [2.05, 4.69) is 5.32 Å². The first-order valence-corrected chi connectivity index (χ1v) is 7.53. The van der Waals surface area contributed by atoms with Crippen molar-refractivity contribution in [1.29, 1.82) is 0 Å². The van der Waals surface area contributed by atoms with Crippen LogP contribution in [0.3, 0.4) is 0 Å². The Labute approximate surface area is 143 Å². The molecule has 0 aliphatic carbocycles.